The molecule has 2 N–H and O–H groups in total. The van der Waals surface area contributed by atoms with Crippen molar-refractivity contribution in [1.82, 2.24) is 15.2 Å². The molecular formula is C8H14N4. The summed E-state index contributed by atoms with van der Waals surface area (Å²) >= 11 is 0. The molecule has 0 fully saturated rings. The van der Waals surface area contributed by atoms with E-state index in [-0.39, 0.29) is 6.04 Å². The summed E-state index contributed by atoms with van der Waals surface area (Å²) in [6, 6.07) is -0.0134. The lowest BCUT2D eigenvalue weighted by Gasteiger charge is -2.11. The van der Waals surface area contributed by atoms with Gasteiger partial charge in [-0.05, 0) is 12.3 Å². The van der Waals surface area contributed by atoms with Gasteiger partial charge < -0.3 is 5.73 Å². The number of nitrogens with zero attached hydrogens (tertiary/aromatic N) is 3. The minimum absolute atomic E-state index is 0.0134. The van der Waals surface area contributed by atoms with Crippen LogP contribution in [0, 0.1) is 5.92 Å². The molecule has 4 heteroatoms. The minimum Gasteiger partial charge on any atom is -0.323 e. The molecule has 0 spiro atoms. The van der Waals surface area contributed by atoms with Gasteiger partial charge in [-0.25, -0.2) is 4.98 Å². The van der Waals surface area contributed by atoms with Crippen LogP contribution in [0.1, 0.15) is 32.0 Å². The lowest BCUT2D eigenvalue weighted by atomic mass is 10.0. The van der Waals surface area contributed by atoms with Crippen LogP contribution >= 0.6 is 0 Å². The molecule has 4 nitrogen and oxygen atoms in total. The van der Waals surface area contributed by atoms with Crippen molar-refractivity contribution in [2.24, 2.45) is 11.7 Å². The van der Waals surface area contributed by atoms with Crippen molar-refractivity contribution in [2.45, 2.75) is 26.3 Å². The van der Waals surface area contributed by atoms with Crippen LogP contribution in [0.5, 0.6) is 0 Å². The highest BCUT2D eigenvalue weighted by Gasteiger charge is 2.08. The van der Waals surface area contributed by atoms with Crippen LogP contribution in [0.4, 0.5) is 0 Å². The molecule has 1 heterocycles. The summed E-state index contributed by atoms with van der Waals surface area (Å²) in [5.41, 5.74) is 6.68. The fourth-order valence-electron chi connectivity index (χ4n) is 1.07. The summed E-state index contributed by atoms with van der Waals surface area (Å²) in [6.45, 7) is 4.27. The van der Waals surface area contributed by atoms with Gasteiger partial charge in [0.1, 0.15) is 6.33 Å². The van der Waals surface area contributed by atoms with Gasteiger partial charge in [-0.15, -0.1) is 5.10 Å². The maximum Gasteiger partial charge on any atom is 0.138 e. The van der Waals surface area contributed by atoms with Gasteiger partial charge in [0, 0.05) is 6.04 Å². The molecule has 66 valence electrons. The van der Waals surface area contributed by atoms with E-state index < -0.39 is 0 Å². The van der Waals surface area contributed by atoms with Gasteiger partial charge >= 0.3 is 0 Å². The molecule has 0 amide bonds. The highest BCUT2D eigenvalue weighted by molar-refractivity contribution is 4.98. The third-order valence-electron chi connectivity index (χ3n) is 1.62. The summed E-state index contributed by atoms with van der Waals surface area (Å²) in [6.07, 6.45) is 3.97. The van der Waals surface area contributed by atoms with E-state index in [2.05, 4.69) is 29.0 Å². The molecule has 0 saturated heterocycles. The summed E-state index contributed by atoms with van der Waals surface area (Å²) < 4.78 is 0. The molecule has 1 rings (SSSR count). The number of rotatable bonds is 3. The summed E-state index contributed by atoms with van der Waals surface area (Å²) in [5, 5.41) is 7.31. The second-order valence-corrected chi connectivity index (χ2v) is 3.27. The smallest absolute Gasteiger partial charge is 0.138 e. The normalized spacial score (nSPS) is 13.3. The van der Waals surface area contributed by atoms with Gasteiger partial charge in [0.2, 0.25) is 0 Å². The zero-order chi connectivity index (χ0) is 8.97. The first-order valence-electron chi connectivity index (χ1n) is 4.08. The van der Waals surface area contributed by atoms with E-state index in [9.17, 15) is 0 Å². The first kappa shape index (κ1) is 9.06. The SMILES string of the molecule is CC(C)CC(N)c1cnncn1. The fourth-order valence-corrected chi connectivity index (χ4v) is 1.07. The molecule has 1 unspecified atom stereocenters. The maximum atomic E-state index is 5.87. The Labute approximate surface area is 72.2 Å². The van der Waals surface area contributed by atoms with E-state index in [0.29, 0.717) is 5.92 Å². The lowest BCUT2D eigenvalue weighted by molar-refractivity contribution is 0.499. The van der Waals surface area contributed by atoms with Crippen molar-refractivity contribution in [2.75, 3.05) is 0 Å². The van der Waals surface area contributed by atoms with E-state index in [1.54, 1.807) is 6.20 Å². The molecule has 1 atom stereocenters. The molecule has 0 radical (unpaired) electrons. The largest absolute Gasteiger partial charge is 0.323 e. The van der Waals surface area contributed by atoms with Crippen LogP contribution in [0.3, 0.4) is 0 Å². The van der Waals surface area contributed by atoms with Gasteiger partial charge in [-0.2, -0.15) is 5.10 Å². The summed E-state index contributed by atoms with van der Waals surface area (Å²) in [7, 11) is 0. The lowest BCUT2D eigenvalue weighted by Crippen LogP contribution is -2.14. The average Bonchev–Trinajstić information content (AvgIpc) is 2.05. The molecule has 0 saturated carbocycles. The minimum atomic E-state index is -0.0134. The molecule has 1 aromatic rings. The molecule has 0 aliphatic carbocycles. The van der Waals surface area contributed by atoms with E-state index in [1.807, 2.05) is 0 Å². The number of hydrogen-bond acceptors (Lipinski definition) is 4. The van der Waals surface area contributed by atoms with Crippen LogP contribution in [0.25, 0.3) is 0 Å². The Morgan fingerprint density at radius 2 is 2.17 bits per heavy atom. The molecule has 0 aliphatic heterocycles. The van der Waals surface area contributed by atoms with Crippen molar-refractivity contribution >= 4 is 0 Å². The van der Waals surface area contributed by atoms with Crippen molar-refractivity contribution < 1.29 is 0 Å². The van der Waals surface area contributed by atoms with E-state index in [0.717, 1.165) is 12.1 Å². The third-order valence-corrected chi connectivity index (χ3v) is 1.62. The number of nitrogens with two attached hydrogens (primary N) is 1. The quantitative estimate of drug-likeness (QED) is 0.725. The van der Waals surface area contributed by atoms with Gasteiger partial charge in [-0.3, -0.25) is 0 Å². The van der Waals surface area contributed by atoms with Crippen LogP contribution in [-0.4, -0.2) is 15.2 Å². The Morgan fingerprint density at radius 3 is 2.67 bits per heavy atom. The van der Waals surface area contributed by atoms with E-state index in [4.69, 9.17) is 5.73 Å². The van der Waals surface area contributed by atoms with Crippen molar-refractivity contribution in [3.63, 3.8) is 0 Å². The first-order valence-corrected chi connectivity index (χ1v) is 4.08. The maximum absolute atomic E-state index is 5.87. The molecule has 0 aromatic carbocycles. The van der Waals surface area contributed by atoms with Crippen LogP contribution < -0.4 is 5.73 Å². The van der Waals surface area contributed by atoms with E-state index >= 15 is 0 Å². The average molecular weight is 166 g/mol. The van der Waals surface area contributed by atoms with Gasteiger partial charge in [-0.1, -0.05) is 13.8 Å². The van der Waals surface area contributed by atoms with Gasteiger partial charge in [0.05, 0.1) is 11.9 Å². The van der Waals surface area contributed by atoms with Crippen LogP contribution in [-0.2, 0) is 0 Å². The predicted molar refractivity (Wildman–Crippen MR) is 46.2 cm³/mol. The highest BCUT2D eigenvalue weighted by atomic mass is 15.1. The molecule has 12 heavy (non-hydrogen) atoms. The highest BCUT2D eigenvalue weighted by Crippen LogP contribution is 2.14. The van der Waals surface area contributed by atoms with Gasteiger partial charge in [0.25, 0.3) is 0 Å². The van der Waals surface area contributed by atoms with Crippen LogP contribution in [0.2, 0.25) is 0 Å². The Balaban J connectivity index is 2.59. The summed E-state index contributed by atoms with van der Waals surface area (Å²) in [4.78, 5) is 4.03. The molecular weight excluding hydrogens is 152 g/mol. The van der Waals surface area contributed by atoms with Crippen LogP contribution in [0.15, 0.2) is 12.5 Å². The Hall–Kier alpha value is -1.03. The predicted octanol–water partition coefficient (Wildman–Crippen LogP) is 0.918. The Bertz CT molecular complexity index is 222. The zero-order valence-electron chi connectivity index (χ0n) is 7.44. The topological polar surface area (TPSA) is 64.7 Å². The molecule has 0 aliphatic rings. The zero-order valence-corrected chi connectivity index (χ0v) is 7.44. The van der Waals surface area contributed by atoms with Gasteiger partial charge in [0.15, 0.2) is 0 Å². The monoisotopic (exact) mass is 166 g/mol. The summed E-state index contributed by atoms with van der Waals surface area (Å²) in [5.74, 6) is 0.579. The molecule has 0 bridgehead atoms. The fraction of sp³-hybridized carbons (Fsp3) is 0.625. The Morgan fingerprint density at radius 1 is 1.42 bits per heavy atom. The van der Waals surface area contributed by atoms with Crippen molar-refractivity contribution in [1.29, 1.82) is 0 Å². The third kappa shape index (κ3) is 2.54. The second-order valence-electron chi connectivity index (χ2n) is 3.27. The number of aromatic nitrogens is 3. The van der Waals surface area contributed by atoms with E-state index in [1.165, 1.54) is 6.33 Å². The van der Waals surface area contributed by atoms with Crippen molar-refractivity contribution in [3.8, 4) is 0 Å². The second kappa shape index (κ2) is 4.11. The Kier molecular flexibility index (Phi) is 3.10. The molecule has 1 aromatic heterocycles. The van der Waals surface area contributed by atoms with Crippen molar-refractivity contribution in [3.05, 3.63) is 18.2 Å². The standard InChI is InChI=1S/C8H14N4/c1-6(2)3-7(9)8-4-11-12-5-10-8/h4-7H,3,9H2,1-2H3. The first-order chi connectivity index (χ1) is 5.70. The number of hydrogen-bond donors (Lipinski definition) is 1.